The summed E-state index contributed by atoms with van der Waals surface area (Å²) in [6.45, 7) is 6.73. The van der Waals surface area contributed by atoms with Crippen LogP contribution >= 0.6 is 0 Å². The molecule has 1 aromatic rings. The molecule has 0 heterocycles. The fourth-order valence-corrected chi connectivity index (χ4v) is 3.08. The van der Waals surface area contributed by atoms with E-state index >= 15 is 0 Å². The molecule has 4 nitrogen and oxygen atoms in total. The van der Waals surface area contributed by atoms with Crippen LogP contribution < -0.4 is 16.0 Å². The summed E-state index contributed by atoms with van der Waals surface area (Å²) in [5.74, 6) is 0.289. The van der Waals surface area contributed by atoms with Gasteiger partial charge in [0, 0.05) is 37.3 Å². The summed E-state index contributed by atoms with van der Waals surface area (Å²) in [5, 5.41) is 3.06. The summed E-state index contributed by atoms with van der Waals surface area (Å²) in [6.07, 6.45) is 2.74. The van der Waals surface area contributed by atoms with Crippen LogP contribution in [0.3, 0.4) is 0 Å². The highest BCUT2D eigenvalue weighted by Gasteiger charge is 2.27. The number of para-hydroxylation sites is 1. The van der Waals surface area contributed by atoms with Crippen molar-refractivity contribution in [3.63, 3.8) is 0 Å². The third-order valence-electron chi connectivity index (χ3n) is 4.36. The Morgan fingerprint density at radius 1 is 1.38 bits per heavy atom. The van der Waals surface area contributed by atoms with E-state index in [1.54, 1.807) is 0 Å². The highest BCUT2D eigenvalue weighted by Crippen LogP contribution is 2.24. The molecule has 0 bridgehead atoms. The number of hydrogen-bond acceptors (Lipinski definition) is 3. The van der Waals surface area contributed by atoms with Crippen molar-refractivity contribution in [1.29, 1.82) is 0 Å². The second-order valence-electron chi connectivity index (χ2n) is 5.93. The number of benzene rings is 1. The van der Waals surface area contributed by atoms with Crippen molar-refractivity contribution in [3.8, 4) is 0 Å². The van der Waals surface area contributed by atoms with Crippen LogP contribution in [0.2, 0.25) is 0 Å². The fourth-order valence-electron chi connectivity index (χ4n) is 3.08. The van der Waals surface area contributed by atoms with Crippen molar-refractivity contribution >= 4 is 11.6 Å². The topological polar surface area (TPSA) is 58.4 Å². The first-order valence-electron chi connectivity index (χ1n) is 7.95. The maximum atomic E-state index is 12.1. The predicted octanol–water partition coefficient (Wildman–Crippen LogP) is 2.06. The predicted molar refractivity (Wildman–Crippen MR) is 87.4 cm³/mol. The van der Waals surface area contributed by atoms with E-state index in [1.807, 2.05) is 0 Å². The van der Waals surface area contributed by atoms with Crippen molar-refractivity contribution < 1.29 is 4.79 Å². The van der Waals surface area contributed by atoms with Gasteiger partial charge in [0.25, 0.3) is 0 Å². The van der Waals surface area contributed by atoms with Crippen LogP contribution in [0.1, 0.15) is 31.7 Å². The summed E-state index contributed by atoms with van der Waals surface area (Å²) in [4.78, 5) is 14.4. The molecular formula is C17H27N3O. The van der Waals surface area contributed by atoms with Crippen LogP contribution in [0.4, 0.5) is 5.69 Å². The van der Waals surface area contributed by atoms with E-state index in [2.05, 4.69) is 48.3 Å². The van der Waals surface area contributed by atoms with Gasteiger partial charge in [0.2, 0.25) is 5.91 Å². The van der Waals surface area contributed by atoms with Crippen LogP contribution in [0, 0.1) is 12.8 Å². The second-order valence-corrected chi connectivity index (χ2v) is 5.93. The quantitative estimate of drug-likeness (QED) is 0.843. The number of amides is 1. The van der Waals surface area contributed by atoms with Crippen molar-refractivity contribution in [2.24, 2.45) is 11.7 Å². The first-order valence-corrected chi connectivity index (χ1v) is 7.95. The average Bonchev–Trinajstić information content (AvgIpc) is 2.91. The molecule has 116 valence electrons. The van der Waals surface area contributed by atoms with E-state index in [-0.39, 0.29) is 17.9 Å². The van der Waals surface area contributed by atoms with E-state index in [1.165, 1.54) is 11.3 Å². The zero-order valence-corrected chi connectivity index (χ0v) is 13.1. The summed E-state index contributed by atoms with van der Waals surface area (Å²) in [5.41, 5.74) is 8.38. The number of carbonyl (C=O) groups is 1. The molecule has 1 saturated carbocycles. The van der Waals surface area contributed by atoms with Gasteiger partial charge in [0.05, 0.1) is 0 Å². The molecule has 1 aromatic carbocycles. The molecule has 4 heteroatoms. The summed E-state index contributed by atoms with van der Waals surface area (Å²) < 4.78 is 0. The molecule has 2 atom stereocenters. The van der Waals surface area contributed by atoms with Crippen LogP contribution in [-0.2, 0) is 4.79 Å². The minimum atomic E-state index is 0.119. The van der Waals surface area contributed by atoms with Crippen molar-refractivity contribution in [1.82, 2.24) is 5.32 Å². The molecule has 0 aliphatic heterocycles. The standard InChI is InChI=1S/C17H27N3O/c1-3-20(16-7-5-4-6-13(16)2)11-10-19-17(21)14-8-9-15(18)12-14/h4-7,14-15H,3,8-12,18H2,1-2H3,(H,19,21). The van der Waals surface area contributed by atoms with Gasteiger partial charge in [-0.1, -0.05) is 18.2 Å². The molecular weight excluding hydrogens is 262 g/mol. The van der Waals surface area contributed by atoms with Crippen molar-refractivity contribution in [2.75, 3.05) is 24.5 Å². The minimum absolute atomic E-state index is 0.119. The zero-order chi connectivity index (χ0) is 15.2. The number of likely N-dealkylation sites (N-methyl/N-ethyl adjacent to an activating group) is 1. The van der Waals surface area contributed by atoms with Gasteiger partial charge in [-0.2, -0.15) is 0 Å². The lowest BCUT2D eigenvalue weighted by Crippen LogP contribution is -2.37. The van der Waals surface area contributed by atoms with Gasteiger partial charge in [-0.25, -0.2) is 0 Å². The lowest BCUT2D eigenvalue weighted by molar-refractivity contribution is -0.124. The van der Waals surface area contributed by atoms with Crippen LogP contribution in [0.25, 0.3) is 0 Å². The Kier molecular flexibility index (Phi) is 5.62. The van der Waals surface area contributed by atoms with E-state index in [0.717, 1.165) is 32.4 Å². The number of aryl methyl sites for hydroxylation is 1. The highest BCUT2D eigenvalue weighted by molar-refractivity contribution is 5.79. The van der Waals surface area contributed by atoms with Gasteiger partial charge >= 0.3 is 0 Å². The number of anilines is 1. The van der Waals surface area contributed by atoms with Gasteiger partial charge in [-0.15, -0.1) is 0 Å². The van der Waals surface area contributed by atoms with Gasteiger partial charge in [0.1, 0.15) is 0 Å². The Balaban J connectivity index is 1.81. The zero-order valence-electron chi connectivity index (χ0n) is 13.1. The van der Waals surface area contributed by atoms with Crippen LogP contribution in [-0.4, -0.2) is 31.6 Å². The van der Waals surface area contributed by atoms with Crippen molar-refractivity contribution in [2.45, 2.75) is 39.2 Å². The number of nitrogens with two attached hydrogens (primary N) is 1. The van der Waals surface area contributed by atoms with E-state index in [4.69, 9.17) is 5.73 Å². The average molecular weight is 289 g/mol. The Hall–Kier alpha value is -1.55. The molecule has 1 aliphatic carbocycles. The largest absolute Gasteiger partial charge is 0.370 e. The molecule has 1 fully saturated rings. The number of nitrogens with zero attached hydrogens (tertiary/aromatic N) is 1. The second kappa shape index (κ2) is 7.46. The molecule has 21 heavy (non-hydrogen) atoms. The smallest absolute Gasteiger partial charge is 0.223 e. The highest BCUT2D eigenvalue weighted by atomic mass is 16.1. The summed E-state index contributed by atoms with van der Waals surface area (Å²) in [6, 6.07) is 8.58. The lowest BCUT2D eigenvalue weighted by atomic mass is 10.1. The minimum Gasteiger partial charge on any atom is -0.370 e. The first kappa shape index (κ1) is 15.8. The molecule has 0 spiro atoms. The maximum Gasteiger partial charge on any atom is 0.223 e. The molecule has 2 unspecified atom stereocenters. The molecule has 0 radical (unpaired) electrons. The lowest BCUT2D eigenvalue weighted by Gasteiger charge is -2.25. The normalized spacial score (nSPS) is 21.3. The van der Waals surface area contributed by atoms with Crippen LogP contribution in [0.15, 0.2) is 24.3 Å². The summed E-state index contributed by atoms with van der Waals surface area (Å²) in [7, 11) is 0. The third-order valence-corrected chi connectivity index (χ3v) is 4.36. The van der Waals surface area contributed by atoms with Gasteiger partial charge in [-0.3, -0.25) is 4.79 Å². The van der Waals surface area contributed by atoms with Crippen molar-refractivity contribution in [3.05, 3.63) is 29.8 Å². The Labute approximate surface area is 127 Å². The van der Waals surface area contributed by atoms with E-state index < -0.39 is 0 Å². The Morgan fingerprint density at radius 2 is 2.14 bits per heavy atom. The third kappa shape index (κ3) is 4.21. The SMILES string of the molecule is CCN(CCNC(=O)C1CCC(N)C1)c1ccccc1C. The molecule has 0 saturated heterocycles. The van der Waals surface area contributed by atoms with Gasteiger partial charge in [-0.05, 0) is 44.7 Å². The van der Waals surface area contributed by atoms with Gasteiger partial charge < -0.3 is 16.0 Å². The molecule has 1 aliphatic rings. The van der Waals surface area contributed by atoms with E-state index in [9.17, 15) is 4.79 Å². The number of nitrogens with one attached hydrogen (secondary N) is 1. The first-order chi connectivity index (χ1) is 10.1. The molecule has 0 aromatic heterocycles. The van der Waals surface area contributed by atoms with E-state index in [0.29, 0.717) is 6.54 Å². The Morgan fingerprint density at radius 3 is 2.76 bits per heavy atom. The maximum absolute atomic E-state index is 12.1. The molecule has 2 rings (SSSR count). The molecule has 3 N–H and O–H groups in total. The van der Waals surface area contributed by atoms with Gasteiger partial charge in [0.15, 0.2) is 0 Å². The molecule has 1 amide bonds. The monoisotopic (exact) mass is 289 g/mol. The number of carbonyl (C=O) groups excluding carboxylic acids is 1. The summed E-state index contributed by atoms with van der Waals surface area (Å²) >= 11 is 0. The fraction of sp³-hybridized carbons (Fsp3) is 0.588. The number of hydrogen-bond donors (Lipinski definition) is 2. The van der Waals surface area contributed by atoms with Crippen LogP contribution in [0.5, 0.6) is 0 Å². The Bertz CT molecular complexity index is 475. The number of rotatable bonds is 6.